The lowest BCUT2D eigenvalue weighted by Gasteiger charge is -2.13. The van der Waals surface area contributed by atoms with E-state index in [4.69, 9.17) is 5.73 Å². The van der Waals surface area contributed by atoms with Crippen molar-refractivity contribution in [2.75, 3.05) is 0 Å². The maximum atomic E-state index is 13.4. The number of hydrogen-bond donors (Lipinski definition) is 1. The monoisotopic (exact) mass is 346 g/mol. The van der Waals surface area contributed by atoms with E-state index in [9.17, 15) is 4.39 Å². The van der Waals surface area contributed by atoms with Crippen LogP contribution < -0.4 is 5.73 Å². The number of nitrogens with zero attached hydrogens (tertiary/aromatic N) is 3. The highest BCUT2D eigenvalue weighted by molar-refractivity contribution is 14.1. The first-order valence-corrected chi connectivity index (χ1v) is 6.13. The average molecular weight is 346 g/mol. The van der Waals surface area contributed by atoms with E-state index in [1.165, 1.54) is 10.7 Å². The fraction of sp³-hybridized carbons (Fsp3) is 0.273. The van der Waals surface area contributed by atoms with Crippen LogP contribution in [0, 0.1) is 9.39 Å². The summed E-state index contributed by atoms with van der Waals surface area (Å²) in [5.74, 6) is -0.271. The van der Waals surface area contributed by atoms with Crippen molar-refractivity contribution in [2.24, 2.45) is 5.73 Å². The summed E-state index contributed by atoms with van der Waals surface area (Å²) in [4.78, 5) is 0. The van der Waals surface area contributed by atoms with Gasteiger partial charge in [0.15, 0.2) is 0 Å². The van der Waals surface area contributed by atoms with Crippen LogP contribution in [-0.2, 0) is 5.54 Å². The van der Waals surface area contributed by atoms with Gasteiger partial charge < -0.3 is 5.73 Å². The van der Waals surface area contributed by atoms with Crippen molar-refractivity contribution in [1.29, 1.82) is 0 Å². The van der Waals surface area contributed by atoms with Gasteiger partial charge in [-0.2, -0.15) is 0 Å². The van der Waals surface area contributed by atoms with Gasteiger partial charge >= 0.3 is 0 Å². The summed E-state index contributed by atoms with van der Waals surface area (Å²) in [6, 6.07) is 4.84. The molecule has 90 valence electrons. The predicted octanol–water partition coefficient (Wildman–Crippen LogP) is 2.20. The van der Waals surface area contributed by atoms with E-state index in [2.05, 4.69) is 10.3 Å². The average Bonchev–Trinajstić information content (AvgIpc) is 2.70. The first-order valence-electron chi connectivity index (χ1n) is 5.05. The fourth-order valence-corrected chi connectivity index (χ4v) is 1.95. The molecule has 0 fully saturated rings. The number of rotatable bonds is 2. The Kier molecular flexibility index (Phi) is 3.17. The fourth-order valence-electron chi connectivity index (χ4n) is 1.35. The molecule has 0 amide bonds. The first kappa shape index (κ1) is 12.4. The third-order valence-electron chi connectivity index (χ3n) is 2.33. The maximum absolute atomic E-state index is 13.4. The topological polar surface area (TPSA) is 56.7 Å². The Morgan fingerprint density at radius 3 is 2.71 bits per heavy atom. The molecule has 0 radical (unpaired) electrons. The molecule has 0 aliphatic heterocycles. The van der Waals surface area contributed by atoms with E-state index in [-0.39, 0.29) is 5.82 Å². The Morgan fingerprint density at radius 1 is 1.41 bits per heavy atom. The molecule has 2 N–H and O–H groups in total. The molecule has 0 unspecified atom stereocenters. The molecule has 2 rings (SSSR count). The molecule has 0 aliphatic rings. The molecule has 0 aliphatic carbocycles. The van der Waals surface area contributed by atoms with Crippen molar-refractivity contribution in [3.05, 3.63) is 39.5 Å². The third-order valence-corrected chi connectivity index (χ3v) is 3.40. The molecule has 0 saturated heterocycles. The van der Waals surface area contributed by atoms with Crippen molar-refractivity contribution in [3.63, 3.8) is 0 Å². The van der Waals surface area contributed by atoms with Crippen LogP contribution >= 0.6 is 22.6 Å². The van der Waals surface area contributed by atoms with E-state index in [0.29, 0.717) is 15.0 Å². The second-order valence-corrected chi connectivity index (χ2v) is 5.42. The highest BCUT2D eigenvalue weighted by atomic mass is 127. The van der Waals surface area contributed by atoms with Crippen LogP contribution in [0.1, 0.15) is 19.5 Å². The maximum Gasteiger partial charge on any atom is 0.138 e. The number of aromatic nitrogens is 3. The van der Waals surface area contributed by atoms with E-state index < -0.39 is 5.54 Å². The zero-order valence-electron chi connectivity index (χ0n) is 9.48. The van der Waals surface area contributed by atoms with Crippen molar-refractivity contribution in [1.82, 2.24) is 15.0 Å². The lowest BCUT2D eigenvalue weighted by molar-refractivity contribution is 0.533. The Labute approximate surface area is 112 Å². The highest BCUT2D eigenvalue weighted by Crippen LogP contribution is 2.21. The summed E-state index contributed by atoms with van der Waals surface area (Å²) < 4.78 is 15.5. The van der Waals surface area contributed by atoms with E-state index in [1.54, 1.807) is 18.3 Å². The van der Waals surface area contributed by atoms with E-state index in [1.807, 2.05) is 36.4 Å². The second kappa shape index (κ2) is 4.34. The molecule has 0 spiro atoms. The molecule has 0 bridgehead atoms. The molecule has 1 aromatic carbocycles. The minimum Gasteiger partial charge on any atom is -0.320 e. The van der Waals surface area contributed by atoms with Gasteiger partial charge in [0.25, 0.3) is 0 Å². The van der Waals surface area contributed by atoms with Crippen molar-refractivity contribution >= 4 is 22.6 Å². The van der Waals surface area contributed by atoms with Gasteiger partial charge in [0, 0.05) is 0 Å². The summed E-state index contributed by atoms with van der Waals surface area (Å²) in [6.45, 7) is 3.69. The normalized spacial score (nSPS) is 11.8. The zero-order valence-corrected chi connectivity index (χ0v) is 11.6. The largest absolute Gasteiger partial charge is 0.320 e. The van der Waals surface area contributed by atoms with Crippen LogP contribution in [0.25, 0.3) is 5.69 Å². The molecule has 6 heteroatoms. The Hall–Kier alpha value is -1.02. The smallest absolute Gasteiger partial charge is 0.138 e. The zero-order chi connectivity index (χ0) is 12.6. The standard InChI is InChI=1S/C11H12FIN4/c1-11(2,14)9-6-17(16-15-9)8-5-3-4-7(12)10(8)13/h3-6H,14H2,1-2H3. The molecule has 4 nitrogen and oxygen atoms in total. The minimum absolute atomic E-state index is 0.271. The molecule has 0 atom stereocenters. The third kappa shape index (κ3) is 2.47. The molecule has 0 saturated carbocycles. The van der Waals surface area contributed by atoms with Crippen LogP contribution in [0.2, 0.25) is 0 Å². The lowest BCUT2D eigenvalue weighted by Crippen LogP contribution is -2.29. The molecular formula is C11H12FIN4. The molecule has 1 aromatic heterocycles. The number of hydrogen-bond acceptors (Lipinski definition) is 3. The van der Waals surface area contributed by atoms with Crippen molar-refractivity contribution in [2.45, 2.75) is 19.4 Å². The van der Waals surface area contributed by atoms with Gasteiger partial charge in [0.05, 0.1) is 21.0 Å². The van der Waals surface area contributed by atoms with Crippen LogP contribution in [-0.4, -0.2) is 15.0 Å². The summed E-state index contributed by atoms with van der Waals surface area (Å²) >= 11 is 1.94. The summed E-state index contributed by atoms with van der Waals surface area (Å²) in [7, 11) is 0. The Morgan fingerprint density at radius 2 is 2.12 bits per heavy atom. The van der Waals surface area contributed by atoms with Gasteiger partial charge in [-0.3, -0.25) is 0 Å². The molecular weight excluding hydrogens is 334 g/mol. The highest BCUT2D eigenvalue weighted by Gasteiger charge is 2.19. The van der Waals surface area contributed by atoms with E-state index >= 15 is 0 Å². The minimum atomic E-state index is -0.559. The first-order chi connectivity index (χ1) is 7.89. The van der Waals surface area contributed by atoms with Gasteiger partial charge in [-0.1, -0.05) is 11.3 Å². The van der Waals surface area contributed by atoms with Crippen LogP contribution in [0.15, 0.2) is 24.4 Å². The van der Waals surface area contributed by atoms with Crippen LogP contribution in [0.3, 0.4) is 0 Å². The van der Waals surface area contributed by atoms with E-state index in [0.717, 1.165) is 0 Å². The number of nitrogens with two attached hydrogens (primary N) is 1. The van der Waals surface area contributed by atoms with Gasteiger partial charge in [-0.25, -0.2) is 9.07 Å². The summed E-state index contributed by atoms with van der Waals surface area (Å²) in [6.07, 6.45) is 1.72. The van der Waals surface area contributed by atoms with Crippen LogP contribution in [0.5, 0.6) is 0 Å². The second-order valence-electron chi connectivity index (χ2n) is 4.34. The van der Waals surface area contributed by atoms with Gasteiger partial charge in [0.1, 0.15) is 11.5 Å². The SMILES string of the molecule is CC(C)(N)c1cn(-c2cccc(F)c2I)nn1. The predicted molar refractivity (Wildman–Crippen MR) is 71.2 cm³/mol. The lowest BCUT2D eigenvalue weighted by atomic mass is 10.0. The molecule has 2 aromatic rings. The molecule has 17 heavy (non-hydrogen) atoms. The number of halogens is 2. The molecule has 1 heterocycles. The van der Waals surface area contributed by atoms with Crippen molar-refractivity contribution in [3.8, 4) is 5.69 Å². The Balaban J connectivity index is 2.48. The number of benzene rings is 1. The van der Waals surface area contributed by atoms with Crippen molar-refractivity contribution < 1.29 is 4.39 Å². The summed E-state index contributed by atoms with van der Waals surface area (Å²) in [5.41, 5.74) is 6.69. The summed E-state index contributed by atoms with van der Waals surface area (Å²) in [5, 5.41) is 7.97. The van der Waals surface area contributed by atoms with Crippen LogP contribution in [0.4, 0.5) is 4.39 Å². The quantitative estimate of drug-likeness (QED) is 0.849. The van der Waals surface area contributed by atoms with Gasteiger partial charge in [0.2, 0.25) is 0 Å². The van der Waals surface area contributed by atoms with Gasteiger partial charge in [-0.15, -0.1) is 5.10 Å². The Bertz CT molecular complexity index is 545. The van der Waals surface area contributed by atoms with Gasteiger partial charge in [-0.05, 0) is 48.6 Å².